The van der Waals surface area contributed by atoms with Crippen molar-refractivity contribution < 1.29 is 32.7 Å². The van der Waals surface area contributed by atoms with Crippen molar-refractivity contribution in [2.75, 3.05) is 6.61 Å². The second kappa shape index (κ2) is 8.01. The van der Waals surface area contributed by atoms with Crippen molar-refractivity contribution in [1.82, 2.24) is 9.55 Å². The van der Waals surface area contributed by atoms with Crippen LogP contribution in [-0.4, -0.2) is 38.2 Å². The molecule has 1 aromatic carbocycles. The summed E-state index contributed by atoms with van der Waals surface area (Å²) in [5, 5.41) is 20.9. The standard InChI is InChI=1S/C15H15ClF3N3O5/c1-14(23,6-7-21-8-12(22(24)25)20-13(21)16)9-26-10-2-4-11(5-3-10)27-15(17,18)19/h2-5,8,23H,6-7,9H2,1H3. The normalized spacial score (nSPS) is 13.9. The van der Waals surface area contributed by atoms with Crippen molar-refractivity contribution in [3.8, 4) is 11.5 Å². The van der Waals surface area contributed by atoms with Gasteiger partial charge < -0.3 is 24.7 Å². The number of rotatable bonds is 8. The van der Waals surface area contributed by atoms with E-state index in [0.717, 1.165) is 18.3 Å². The third kappa shape index (κ3) is 6.61. The largest absolute Gasteiger partial charge is 0.573 e. The zero-order valence-corrected chi connectivity index (χ0v) is 14.7. The Kier molecular flexibility index (Phi) is 6.16. The highest BCUT2D eigenvalue weighted by Gasteiger charge is 2.31. The quantitative estimate of drug-likeness (QED) is 0.528. The monoisotopic (exact) mass is 409 g/mol. The van der Waals surface area contributed by atoms with Gasteiger partial charge in [-0.15, -0.1) is 13.2 Å². The predicted octanol–water partition coefficient (Wildman–Crippen LogP) is 3.56. The fourth-order valence-electron chi connectivity index (χ4n) is 2.03. The van der Waals surface area contributed by atoms with Gasteiger partial charge in [-0.3, -0.25) is 4.57 Å². The van der Waals surface area contributed by atoms with E-state index in [1.165, 1.54) is 23.6 Å². The molecule has 1 aromatic heterocycles. The third-order valence-corrected chi connectivity index (χ3v) is 3.70. The Morgan fingerprint density at radius 2 is 1.89 bits per heavy atom. The van der Waals surface area contributed by atoms with Crippen LogP contribution in [0.1, 0.15) is 13.3 Å². The topological polar surface area (TPSA) is 99.7 Å². The van der Waals surface area contributed by atoms with Crippen LogP contribution in [0, 0.1) is 10.1 Å². The Morgan fingerprint density at radius 3 is 2.41 bits per heavy atom. The van der Waals surface area contributed by atoms with E-state index in [-0.39, 0.29) is 30.6 Å². The van der Waals surface area contributed by atoms with E-state index in [1.807, 2.05) is 0 Å². The molecule has 0 radical (unpaired) electrons. The summed E-state index contributed by atoms with van der Waals surface area (Å²) in [5.74, 6) is -0.559. The lowest BCUT2D eigenvalue weighted by molar-refractivity contribution is -0.389. The molecule has 0 fully saturated rings. The SMILES string of the molecule is CC(O)(CCn1cc([N+](=O)[O-])nc1Cl)COc1ccc(OC(F)(F)F)cc1. The van der Waals surface area contributed by atoms with E-state index in [1.54, 1.807) is 0 Å². The van der Waals surface area contributed by atoms with E-state index in [4.69, 9.17) is 16.3 Å². The van der Waals surface area contributed by atoms with Gasteiger partial charge in [-0.25, -0.2) is 0 Å². The number of benzene rings is 1. The average Bonchev–Trinajstić information content (AvgIpc) is 2.92. The van der Waals surface area contributed by atoms with Crippen LogP contribution in [-0.2, 0) is 6.54 Å². The molecule has 0 aliphatic rings. The lowest BCUT2D eigenvalue weighted by Crippen LogP contribution is -2.33. The zero-order chi connectivity index (χ0) is 20.2. The number of hydrogen-bond donors (Lipinski definition) is 1. The number of nitrogens with zero attached hydrogens (tertiary/aromatic N) is 3. The Bertz CT molecular complexity index is 793. The first-order valence-electron chi connectivity index (χ1n) is 7.53. The predicted molar refractivity (Wildman–Crippen MR) is 87.8 cm³/mol. The van der Waals surface area contributed by atoms with Gasteiger partial charge in [-0.1, -0.05) is 0 Å². The van der Waals surface area contributed by atoms with Crippen LogP contribution in [0.5, 0.6) is 11.5 Å². The van der Waals surface area contributed by atoms with E-state index in [9.17, 15) is 28.4 Å². The molecule has 1 heterocycles. The first-order valence-corrected chi connectivity index (χ1v) is 7.91. The minimum absolute atomic E-state index is 0.0846. The molecule has 0 spiro atoms. The van der Waals surface area contributed by atoms with Gasteiger partial charge in [0.15, 0.2) is 0 Å². The van der Waals surface area contributed by atoms with Gasteiger partial charge in [0.1, 0.15) is 24.3 Å². The Balaban J connectivity index is 1.88. The molecule has 2 rings (SSSR count). The van der Waals surface area contributed by atoms with Gasteiger partial charge in [0, 0.05) is 6.54 Å². The minimum atomic E-state index is -4.78. The summed E-state index contributed by atoms with van der Waals surface area (Å²) in [6.07, 6.45) is -3.50. The van der Waals surface area contributed by atoms with Crippen LogP contribution < -0.4 is 9.47 Å². The number of hydrogen-bond acceptors (Lipinski definition) is 6. The van der Waals surface area contributed by atoms with Crippen LogP contribution >= 0.6 is 11.6 Å². The molecule has 148 valence electrons. The molecule has 8 nitrogen and oxygen atoms in total. The maximum atomic E-state index is 12.1. The summed E-state index contributed by atoms with van der Waals surface area (Å²) in [7, 11) is 0. The molecule has 0 bridgehead atoms. The highest BCUT2D eigenvalue weighted by atomic mass is 35.5. The number of imidazole rings is 1. The van der Waals surface area contributed by atoms with Crippen LogP contribution in [0.2, 0.25) is 5.28 Å². The molecule has 0 saturated heterocycles. The maximum absolute atomic E-state index is 12.1. The lowest BCUT2D eigenvalue weighted by Gasteiger charge is -2.23. The van der Waals surface area contributed by atoms with Gasteiger partial charge in [-0.05, 0) is 59.1 Å². The Labute approximate surface area is 156 Å². The van der Waals surface area contributed by atoms with Crippen LogP contribution in [0.15, 0.2) is 30.5 Å². The molecule has 2 aromatic rings. The summed E-state index contributed by atoms with van der Waals surface area (Å²) in [6.45, 7) is 1.46. The van der Waals surface area contributed by atoms with Crippen molar-refractivity contribution in [2.45, 2.75) is 31.9 Å². The molecule has 12 heteroatoms. The van der Waals surface area contributed by atoms with Gasteiger partial charge >= 0.3 is 17.5 Å². The summed E-state index contributed by atoms with van der Waals surface area (Å²) < 4.78 is 46.7. The molecule has 1 N–H and O–H groups in total. The fourth-order valence-corrected chi connectivity index (χ4v) is 2.25. The van der Waals surface area contributed by atoms with Gasteiger partial charge in [0.05, 0.1) is 5.60 Å². The second-order valence-corrected chi connectivity index (χ2v) is 6.21. The van der Waals surface area contributed by atoms with Crippen molar-refractivity contribution in [1.29, 1.82) is 0 Å². The lowest BCUT2D eigenvalue weighted by atomic mass is 10.0. The zero-order valence-electron chi connectivity index (χ0n) is 13.9. The highest BCUT2D eigenvalue weighted by molar-refractivity contribution is 6.28. The van der Waals surface area contributed by atoms with Gasteiger partial charge in [0.2, 0.25) is 0 Å². The number of ether oxygens (including phenoxy) is 2. The van der Waals surface area contributed by atoms with Crippen molar-refractivity contribution >= 4 is 17.4 Å². The highest BCUT2D eigenvalue weighted by Crippen LogP contribution is 2.25. The molecular formula is C15H15ClF3N3O5. The first kappa shape index (κ1) is 20.8. The van der Waals surface area contributed by atoms with E-state index >= 15 is 0 Å². The summed E-state index contributed by atoms with van der Waals surface area (Å²) in [6, 6.07) is 4.71. The molecule has 0 aliphatic heterocycles. The number of alkyl halides is 3. The molecular weight excluding hydrogens is 395 g/mol. The smallest absolute Gasteiger partial charge is 0.491 e. The molecule has 1 atom stereocenters. The fraction of sp³-hybridized carbons (Fsp3) is 0.400. The Morgan fingerprint density at radius 1 is 1.30 bits per heavy atom. The summed E-state index contributed by atoms with van der Waals surface area (Å²) >= 11 is 5.79. The number of nitro groups is 1. The summed E-state index contributed by atoms with van der Waals surface area (Å²) in [5.41, 5.74) is -1.33. The van der Waals surface area contributed by atoms with E-state index in [0.29, 0.717) is 0 Å². The van der Waals surface area contributed by atoms with Crippen LogP contribution in [0.3, 0.4) is 0 Å². The summed E-state index contributed by atoms with van der Waals surface area (Å²) in [4.78, 5) is 13.5. The third-order valence-electron chi connectivity index (χ3n) is 3.40. The minimum Gasteiger partial charge on any atom is -0.491 e. The van der Waals surface area contributed by atoms with Crippen molar-refractivity contribution in [2.24, 2.45) is 0 Å². The van der Waals surface area contributed by atoms with Gasteiger partial charge in [0.25, 0.3) is 0 Å². The molecule has 0 aliphatic carbocycles. The average molecular weight is 410 g/mol. The molecule has 1 unspecified atom stereocenters. The Hall–Kier alpha value is -2.53. The van der Waals surface area contributed by atoms with E-state index < -0.39 is 28.5 Å². The second-order valence-electron chi connectivity index (χ2n) is 5.87. The number of aryl methyl sites for hydroxylation is 1. The molecule has 0 saturated carbocycles. The van der Waals surface area contributed by atoms with Crippen molar-refractivity contribution in [3.05, 3.63) is 45.9 Å². The van der Waals surface area contributed by atoms with Crippen LogP contribution in [0.4, 0.5) is 19.0 Å². The number of halogens is 4. The van der Waals surface area contributed by atoms with Gasteiger partial charge in [-0.2, -0.15) is 0 Å². The number of aromatic nitrogens is 2. The van der Waals surface area contributed by atoms with Crippen molar-refractivity contribution in [3.63, 3.8) is 0 Å². The van der Waals surface area contributed by atoms with Crippen LogP contribution in [0.25, 0.3) is 0 Å². The molecule has 0 amide bonds. The number of aliphatic hydroxyl groups is 1. The van der Waals surface area contributed by atoms with E-state index in [2.05, 4.69) is 9.72 Å². The first-order chi connectivity index (χ1) is 12.5. The molecule has 27 heavy (non-hydrogen) atoms. The maximum Gasteiger partial charge on any atom is 0.573 e.